The molecular weight excluding hydrogens is 448 g/mol. The average Bonchev–Trinajstić information content (AvgIpc) is 3.26. The topological polar surface area (TPSA) is 189 Å². The number of nitrogens with zero attached hydrogens (tertiary/aromatic N) is 8. The Morgan fingerprint density at radius 2 is 1.47 bits per heavy atom. The van der Waals surface area contributed by atoms with Crippen LogP contribution >= 0.6 is 23.5 Å². The Labute approximate surface area is 193 Å². The maximum atomic E-state index is 8.58. The smallest absolute Gasteiger partial charge is 0.322 e. The van der Waals surface area contributed by atoms with Gasteiger partial charge in [0.1, 0.15) is 23.5 Å². The number of nitrogens with two attached hydrogens (primary N) is 2. The lowest BCUT2D eigenvalue weighted by Crippen LogP contribution is -2.14. The first-order valence-electron chi connectivity index (χ1n) is 7.49. The molecule has 32 heavy (non-hydrogen) atoms. The van der Waals surface area contributed by atoms with E-state index in [1.165, 1.54) is 29.6 Å². The Kier molecular flexibility index (Phi) is 15.1. The lowest BCUT2D eigenvalue weighted by Gasteiger charge is -1.95. The zero-order valence-electron chi connectivity index (χ0n) is 16.5. The Morgan fingerprint density at radius 3 is 1.69 bits per heavy atom. The van der Waals surface area contributed by atoms with E-state index >= 15 is 0 Å². The quantitative estimate of drug-likeness (QED) is 0.351. The van der Waals surface area contributed by atoms with Gasteiger partial charge in [-0.2, -0.15) is 10.5 Å². The summed E-state index contributed by atoms with van der Waals surface area (Å²) in [7, 11) is 0. The Balaban J connectivity index is 0. The average molecular weight is 461 g/mol. The van der Waals surface area contributed by atoms with Gasteiger partial charge in [-0.1, -0.05) is 13.1 Å². The molecule has 0 saturated carbocycles. The fraction of sp³-hybridized carbons (Fsp3) is 0.111. The third kappa shape index (κ3) is 9.32. The van der Waals surface area contributed by atoms with E-state index in [0.29, 0.717) is 0 Å². The van der Waals surface area contributed by atoms with Crippen LogP contribution in [0.5, 0.6) is 0 Å². The zero-order valence-corrected chi connectivity index (χ0v) is 18.2. The molecule has 1 aliphatic heterocycles. The number of thioether (sulfide) groups is 2. The molecule has 0 amide bonds. The van der Waals surface area contributed by atoms with Crippen LogP contribution in [-0.4, -0.2) is 12.5 Å². The van der Waals surface area contributed by atoms with Crippen LogP contribution < -0.4 is 22.1 Å². The van der Waals surface area contributed by atoms with Gasteiger partial charge in [0.15, 0.2) is 5.82 Å². The van der Waals surface area contributed by atoms with Gasteiger partial charge >= 0.3 is 5.70 Å². The largest absolute Gasteiger partial charge is 0.398 e. The van der Waals surface area contributed by atoms with E-state index in [2.05, 4.69) is 30.0 Å². The normalized spacial score (nSPS) is 12.3. The molecule has 12 nitrogen and oxygen atoms in total. The van der Waals surface area contributed by atoms with Crippen LogP contribution in [-0.2, 0) is 0 Å². The summed E-state index contributed by atoms with van der Waals surface area (Å²) < 4.78 is 0.789. The molecule has 0 aliphatic carbocycles. The molecule has 0 aromatic carbocycles. The minimum absolute atomic E-state index is 0.00102. The first-order chi connectivity index (χ1) is 15.3. The summed E-state index contributed by atoms with van der Waals surface area (Å²) in [5.74, 6) is -0.156. The first kappa shape index (κ1) is 29.0. The van der Waals surface area contributed by atoms with Crippen LogP contribution in [0.25, 0.3) is 19.4 Å². The lowest BCUT2D eigenvalue weighted by atomic mass is 10.4. The van der Waals surface area contributed by atoms with Gasteiger partial charge in [-0.25, -0.2) is 20.2 Å². The predicted octanol–water partition coefficient (Wildman–Crippen LogP) is 2.24. The SMILES string of the molecule is [C-]#[N+]/C(N)=C(/N)C#N.[C-]#[N+]C(C#N)=C(SC)SC.[C-]#[N+]C1=C(C#N)N/C(=C(\C#N)[N+]#[C-])N1. The van der Waals surface area contributed by atoms with Gasteiger partial charge in [-0.15, -0.1) is 23.5 Å². The van der Waals surface area contributed by atoms with E-state index in [1.807, 2.05) is 18.6 Å². The van der Waals surface area contributed by atoms with E-state index in [-0.39, 0.29) is 40.3 Å². The van der Waals surface area contributed by atoms with Crippen molar-refractivity contribution in [1.82, 2.24) is 10.6 Å². The molecule has 1 rings (SSSR count). The number of allylic oxidation sites excluding steroid dienone is 4. The number of hydrogen-bond acceptors (Lipinski definition) is 10. The van der Waals surface area contributed by atoms with Crippen LogP contribution in [0.15, 0.2) is 44.5 Å². The maximum absolute atomic E-state index is 8.58. The van der Waals surface area contributed by atoms with E-state index in [1.54, 1.807) is 12.1 Å². The van der Waals surface area contributed by atoms with Crippen LogP contribution in [0.2, 0.25) is 0 Å². The van der Waals surface area contributed by atoms with Gasteiger partial charge in [-0.05, 0) is 12.5 Å². The maximum Gasteiger partial charge on any atom is 0.322 e. The van der Waals surface area contributed by atoms with Crippen molar-refractivity contribution < 1.29 is 0 Å². The van der Waals surface area contributed by atoms with E-state index in [4.69, 9.17) is 58.8 Å². The summed E-state index contributed by atoms with van der Waals surface area (Å²) in [6, 6.07) is 6.76. The van der Waals surface area contributed by atoms with Crippen LogP contribution in [0.3, 0.4) is 0 Å². The summed E-state index contributed by atoms with van der Waals surface area (Å²) in [5, 5.41) is 38.4. The molecule has 1 heterocycles. The molecule has 0 fully saturated rings. The predicted molar refractivity (Wildman–Crippen MR) is 119 cm³/mol. The highest BCUT2D eigenvalue weighted by Gasteiger charge is 2.22. The fourth-order valence-electron chi connectivity index (χ4n) is 1.33. The zero-order chi connectivity index (χ0) is 25.1. The van der Waals surface area contributed by atoms with Gasteiger partial charge in [0, 0.05) is 0 Å². The molecule has 6 N–H and O–H groups in total. The molecule has 156 valence electrons. The highest BCUT2D eigenvalue weighted by molar-refractivity contribution is 8.21. The molecule has 1 aliphatic rings. The second-order valence-corrected chi connectivity index (χ2v) is 6.33. The molecule has 0 unspecified atom stereocenters. The molecule has 0 aromatic rings. The highest BCUT2D eigenvalue weighted by atomic mass is 32.2. The summed E-state index contributed by atoms with van der Waals surface area (Å²) in [5.41, 5.74) is 9.59. The molecule has 0 spiro atoms. The van der Waals surface area contributed by atoms with Crippen molar-refractivity contribution in [3.05, 3.63) is 90.2 Å². The summed E-state index contributed by atoms with van der Waals surface area (Å²) in [6.07, 6.45) is 3.71. The van der Waals surface area contributed by atoms with E-state index < -0.39 is 0 Å². The van der Waals surface area contributed by atoms with Crippen molar-refractivity contribution in [2.45, 2.75) is 0 Å². The van der Waals surface area contributed by atoms with Crippen molar-refractivity contribution in [3.63, 3.8) is 0 Å². The van der Waals surface area contributed by atoms with Crippen LogP contribution in [0.4, 0.5) is 0 Å². The van der Waals surface area contributed by atoms with Crippen molar-refractivity contribution in [2.75, 3.05) is 12.5 Å². The molecule has 0 saturated heterocycles. The standard InChI is InChI=1S/C8H2N6.C6H6N2S2.C4H4N4/c1-11-5(3-9)8-13-6(4-10)7(12-2)14-8;1-8-5(4-7)6(9-2)10-3;1-8-4(7)3(6)2-5/h13-14H;2-3H3;6-7H2/b8-5-;;4-3+. The fourth-order valence-corrected chi connectivity index (χ4v) is 2.56. The number of nitrogens with one attached hydrogen (secondary N) is 2. The van der Waals surface area contributed by atoms with Crippen LogP contribution in [0, 0.1) is 71.6 Å². The Hall–Kier alpha value is -5.22. The number of nitriles is 4. The molecule has 0 bridgehead atoms. The molecule has 14 heteroatoms. The summed E-state index contributed by atoms with van der Waals surface area (Å²) >= 11 is 2.87. The molecule has 0 radical (unpaired) electrons. The van der Waals surface area contributed by atoms with Gasteiger partial charge in [0.05, 0.1) is 29.5 Å². The minimum atomic E-state index is -0.243. The van der Waals surface area contributed by atoms with Crippen molar-refractivity contribution in [3.8, 4) is 24.3 Å². The Morgan fingerprint density at radius 1 is 0.875 bits per heavy atom. The van der Waals surface area contributed by atoms with Crippen LogP contribution in [0.1, 0.15) is 0 Å². The second-order valence-electron chi connectivity index (χ2n) is 4.43. The monoisotopic (exact) mass is 460 g/mol. The van der Waals surface area contributed by atoms with Gasteiger partial charge in [0.25, 0.3) is 17.3 Å². The highest BCUT2D eigenvalue weighted by Crippen LogP contribution is 2.27. The molecule has 0 aromatic heterocycles. The lowest BCUT2D eigenvalue weighted by molar-refractivity contribution is 0.946. The van der Waals surface area contributed by atoms with E-state index in [0.717, 1.165) is 4.24 Å². The van der Waals surface area contributed by atoms with Crippen molar-refractivity contribution >= 4 is 23.5 Å². The van der Waals surface area contributed by atoms with Gasteiger partial charge in [-0.3, -0.25) is 5.32 Å². The Bertz CT molecular complexity index is 1110. The minimum Gasteiger partial charge on any atom is -0.398 e. The molecular formula is C18H12N12S2. The first-order valence-corrected chi connectivity index (χ1v) is 9.93. The van der Waals surface area contributed by atoms with Gasteiger partial charge in [0.2, 0.25) is 0 Å². The van der Waals surface area contributed by atoms with Crippen molar-refractivity contribution in [2.24, 2.45) is 11.5 Å². The van der Waals surface area contributed by atoms with Crippen molar-refractivity contribution in [1.29, 1.82) is 21.0 Å². The second kappa shape index (κ2) is 16.7. The van der Waals surface area contributed by atoms with Gasteiger partial charge < -0.3 is 26.5 Å². The third-order valence-corrected chi connectivity index (χ3v) is 4.84. The summed E-state index contributed by atoms with van der Waals surface area (Å²) in [4.78, 5) is 11.8. The molecule has 0 atom stereocenters. The summed E-state index contributed by atoms with van der Waals surface area (Å²) in [6.45, 7) is 26.2. The number of rotatable bonds is 2. The number of hydrogen-bond donors (Lipinski definition) is 4. The third-order valence-electron chi connectivity index (χ3n) is 2.71. The van der Waals surface area contributed by atoms with E-state index in [9.17, 15) is 0 Å².